The average molecular weight is 296 g/mol. The molecule has 0 aromatic carbocycles. The molecule has 13 heavy (non-hydrogen) atoms. The molecule has 0 unspecified atom stereocenters. The van der Waals surface area contributed by atoms with Gasteiger partial charge in [-0.2, -0.15) is 0 Å². The summed E-state index contributed by atoms with van der Waals surface area (Å²) >= 11 is 2.48. The molecule has 0 amide bonds. The highest BCUT2D eigenvalue weighted by Crippen LogP contribution is 2.37. The SMILES string of the molecule is CCC1(OC(C)=O)CCC(I)CC1. The predicted octanol–water partition coefficient (Wildman–Crippen LogP) is 3.08. The van der Waals surface area contributed by atoms with Gasteiger partial charge in [0.2, 0.25) is 0 Å². The van der Waals surface area contributed by atoms with Crippen molar-refractivity contribution in [3.63, 3.8) is 0 Å². The third-order valence-electron chi connectivity index (χ3n) is 2.83. The lowest BCUT2D eigenvalue weighted by molar-refractivity contribution is -0.160. The average Bonchev–Trinajstić information content (AvgIpc) is 2.09. The molecule has 1 fully saturated rings. The molecule has 3 heteroatoms. The number of carbonyl (C=O) groups is 1. The fourth-order valence-corrected chi connectivity index (χ4v) is 2.56. The summed E-state index contributed by atoms with van der Waals surface area (Å²) in [6.45, 7) is 3.62. The summed E-state index contributed by atoms with van der Waals surface area (Å²) in [7, 11) is 0. The van der Waals surface area contributed by atoms with Crippen LogP contribution in [0.25, 0.3) is 0 Å². The molecule has 0 heterocycles. The van der Waals surface area contributed by atoms with E-state index in [1.807, 2.05) is 0 Å². The molecule has 76 valence electrons. The zero-order valence-electron chi connectivity index (χ0n) is 8.31. The van der Waals surface area contributed by atoms with E-state index in [0.717, 1.165) is 23.2 Å². The van der Waals surface area contributed by atoms with E-state index < -0.39 is 0 Å². The van der Waals surface area contributed by atoms with Crippen LogP contribution in [0.3, 0.4) is 0 Å². The van der Waals surface area contributed by atoms with Crippen molar-refractivity contribution in [3.8, 4) is 0 Å². The number of esters is 1. The fraction of sp³-hybridized carbons (Fsp3) is 0.900. The number of hydrogen-bond donors (Lipinski definition) is 0. The summed E-state index contributed by atoms with van der Waals surface area (Å²) in [6, 6.07) is 0. The van der Waals surface area contributed by atoms with Crippen LogP contribution in [-0.4, -0.2) is 15.5 Å². The van der Waals surface area contributed by atoms with Gasteiger partial charge >= 0.3 is 5.97 Å². The molecule has 0 aromatic heterocycles. The van der Waals surface area contributed by atoms with Gasteiger partial charge in [0.1, 0.15) is 5.60 Å². The van der Waals surface area contributed by atoms with Gasteiger partial charge in [0, 0.05) is 10.8 Å². The van der Waals surface area contributed by atoms with Crippen molar-refractivity contribution in [2.24, 2.45) is 0 Å². The Hall–Kier alpha value is 0.200. The Morgan fingerprint density at radius 1 is 1.54 bits per heavy atom. The van der Waals surface area contributed by atoms with Crippen LogP contribution in [0, 0.1) is 0 Å². The highest BCUT2D eigenvalue weighted by molar-refractivity contribution is 14.1. The van der Waals surface area contributed by atoms with Crippen molar-refractivity contribution in [1.82, 2.24) is 0 Å². The normalized spacial score (nSPS) is 34.2. The van der Waals surface area contributed by atoms with Gasteiger partial charge in [-0.25, -0.2) is 0 Å². The smallest absolute Gasteiger partial charge is 0.303 e. The Morgan fingerprint density at radius 3 is 2.46 bits per heavy atom. The third-order valence-corrected chi connectivity index (χ3v) is 4.08. The second-order valence-electron chi connectivity index (χ2n) is 3.80. The molecule has 0 radical (unpaired) electrons. The molecule has 0 atom stereocenters. The van der Waals surface area contributed by atoms with Crippen LogP contribution in [0.1, 0.15) is 46.0 Å². The summed E-state index contributed by atoms with van der Waals surface area (Å²) in [6.07, 6.45) is 5.40. The molecule has 0 N–H and O–H groups in total. The van der Waals surface area contributed by atoms with Crippen molar-refractivity contribution in [2.45, 2.75) is 55.5 Å². The van der Waals surface area contributed by atoms with Crippen LogP contribution in [0.4, 0.5) is 0 Å². The molecule has 2 nitrogen and oxygen atoms in total. The Bertz CT molecular complexity index is 183. The minimum atomic E-state index is -0.131. The van der Waals surface area contributed by atoms with Crippen LogP contribution in [0.5, 0.6) is 0 Å². The monoisotopic (exact) mass is 296 g/mol. The number of ether oxygens (including phenoxy) is 1. The quantitative estimate of drug-likeness (QED) is 0.445. The number of carbonyl (C=O) groups excluding carboxylic acids is 1. The second kappa shape index (κ2) is 4.62. The summed E-state index contributed by atoms with van der Waals surface area (Å²) in [5.74, 6) is -0.131. The van der Waals surface area contributed by atoms with E-state index in [-0.39, 0.29) is 11.6 Å². The lowest BCUT2D eigenvalue weighted by Gasteiger charge is -2.37. The van der Waals surface area contributed by atoms with E-state index in [4.69, 9.17) is 4.74 Å². The van der Waals surface area contributed by atoms with Gasteiger partial charge in [-0.15, -0.1) is 0 Å². The molecule has 0 bridgehead atoms. The van der Waals surface area contributed by atoms with E-state index >= 15 is 0 Å². The van der Waals surface area contributed by atoms with Gasteiger partial charge < -0.3 is 4.74 Å². The maximum absolute atomic E-state index is 10.9. The highest BCUT2D eigenvalue weighted by atomic mass is 127. The lowest BCUT2D eigenvalue weighted by Crippen LogP contribution is -2.38. The molecule has 0 spiro atoms. The van der Waals surface area contributed by atoms with Gasteiger partial charge in [-0.05, 0) is 32.1 Å². The summed E-state index contributed by atoms with van der Waals surface area (Å²) in [5.41, 5.74) is -0.131. The summed E-state index contributed by atoms with van der Waals surface area (Å²) in [4.78, 5) is 10.9. The van der Waals surface area contributed by atoms with Crippen LogP contribution in [0.15, 0.2) is 0 Å². The van der Waals surface area contributed by atoms with Crippen molar-refractivity contribution >= 4 is 28.6 Å². The van der Waals surface area contributed by atoms with Gasteiger partial charge in [-0.3, -0.25) is 4.79 Å². The first-order valence-corrected chi connectivity index (χ1v) is 6.16. The van der Waals surface area contributed by atoms with Crippen molar-refractivity contribution < 1.29 is 9.53 Å². The molecule has 0 aromatic rings. The number of hydrogen-bond acceptors (Lipinski definition) is 2. The molecule has 1 aliphatic carbocycles. The Morgan fingerprint density at radius 2 is 2.08 bits per heavy atom. The molecule has 0 saturated heterocycles. The first-order chi connectivity index (χ1) is 6.08. The first kappa shape index (κ1) is 11.3. The zero-order valence-corrected chi connectivity index (χ0v) is 10.5. The predicted molar refractivity (Wildman–Crippen MR) is 61.1 cm³/mol. The number of rotatable bonds is 2. The third kappa shape index (κ3) is 3.11. The Kier molecular flexibility index (Phi) is 4.01. The van der Waals surface area contributed by atoms with Crippen LogP contribution in [0.2, 0.25) is 0 Å². The minimum absolute atomic E-state index is 0.131. The highest BCUT2D eigenvalue weighted by Gasteiger charge is 2.35. The van der Waals surface area contributed by atoms with E-state index in [0.29, 0.717) is 0 Å². The van der Waals surface area contributed by atoms with Crippen LogP contribution < -0.4 is 0 Å². The van der Waals surface area contributed by atoms with Gasteiger partial charge in [0.25, 0.3) is 0 Å². The second-order valence-corrected chi connectivity index (χ2v) is 5.57. The van der Waals surface area contributed by atoms with Gasteiger partial charge in [0.05, 0.1) is 0 Å². The van der Waals surface area contributed by atoms with E-state index in [1.54, 1.807) is 0 Å². The van der Waals surface area contributed by atoms with Crippen molar-refractivity contribution in [1.29, 1.82) is 0 Å². The van der Waals surface area contributed by atoms with Crippen LogP contribution >= 0.6 is 22.6 Å². The number of alkyl halides is 1. The molecule has 1 aliphatic rings. The van der Waals surface area contributed by atoms with E-state index in [1.165, 1.54) is 19.8 Å². The maximum atomic E-state index is 10.9. The van der Waals surface area contributed by atoms with Gasteiger partial charge in [0.15, 0.2) is 0 Å². The van der Waals surface area contributed by atoms with Gasteiger partial charge in [-0.1, -0.05) is 29.5 Å². The Balaban J connectivity index is 2.55. The maximum Gasteiger partial charge on any atom is 0.303 e. The topological polar surface area (TPSA) is 26.3 Å². The molecule has 1 saturated carbocycles. The molecular weight excluding hydrogens is 279 g/mol. The number of halogens is 1. The standard InChI is InChI=1S/C10H17IO2/c1-3-10(13-8(2)12)6-4-9(11)5-7-10/h9H,3-7H2,1-2H3. The first-order valence-electron chi connectivity index (χ1n) is 4.91. The minimum Gasteiger partial charge on any atom is -0.459 e. The molecule has 1 rings (SSSR count). The molecule has 0 aliphatic heterocycles. The lowest BCUT2D eigenvalue weighted by atomic mass is 9.83. The van der Waals surface area contributed by atoms with E-state index in [9.17, 15) is 4.79 Å². The van der Waals surface area contributed by atoms with Crippen molar-refractivity contribution in [2.75, 3.05) is 0 Å². The van der Waals surface area contributed by atoms with Crippen molar-refractivity contribution in [3.05, 3.63) is 0 Å². The summed E-state index contributed by atoms with van der Waals surface area (Å²) in [5, 5.41) is 0. The fourth-order valence-electron chi connectivity index (χ4n) is 1.94. The Labute approximate surface area is 93.6 Å². The molecular formula is C10H17IO2. The van der Waals surface area contributed by atoms with Crippen LogP contribution in [-0.2, 0) is 9.53 Å². The zero-order chi connectivity index (χ0) is 9.90. The summed E-state index contributed by atoms with van der Waals surface area (Å²) < 4.78 is 6.21. The van der Waals surface area contributed by atoms with E-state index in [2.05, 4.69) is 29.5 Å². The largest absolute Gasteiger partial charge is 0.459 e.